The van der Waals surface area contributed by atoms with Gasteiger partial charge in [0.05, 0.1) is 31.8 Å². The van der Waals surface area contributed by atoms with Crippen molar-refractivity contribution in [2.75, 3.05) is 26.1 Å². The van der Waals surface area contributed by atoms with Gasteiger partial charge in [0.25, 0.3) is 0 Å². The van der Waals surface area contributed by atoms with Crippen molar-refractivity contribution in [1.82, 2.24) is 9.97 Å². The Kier molecular flexibility index (Phi) is 4.99. The SMILES string of the molecule is CCOC(=O)c1csc2ncnc(Nc3ccc(OC)c(OC)c3)c12. The molecule has 25 heavy (non-hydrogen) atoms. The van der Waals surface area contributed by atoms with E-state index in [0.29, 0.717) is 39.7 Å². The van der Waals surface area contributed by atoms with Gasteiger partial charge in [-0.15, -0.1) is 11.3 Å². The van der Waals surface area contributed by atoms with Crippen molar-refractivity contribution in [2.45, 2.75) is 6.92 Å². The van der Waals surface area contributed by atoms with Crippen LogP contribution in [0.5, 0.6) is 11.5 Å². The maximum atomic E-state index is 12.2. The van der Waals surface area contributed by atoms with Crippen molar-refractivity contribution < 1.29 is 19.0 Å². The molecule has 2 aromatic heterocycles. The lowest BCUT2D eigenvalue weighted by molar-refractivity contribution is 0.0529. The Morgan fingerprint density at radius 3 is 2.72 bits per heavy atom. The molecule has 0 radical (unpaired) electrons. The third-order valence-electron chi connectivity index (χ3n) is 3.51. The Morgan fingerprint density at radius 2 is 2.00 bits per heavy atom. The Morgan fingerprint density at radius 1 is 1.20 bits per heavy atom. The normalized spacial score (nSPS) is 10.5. The van der Waals surface area contributed by atoms with E-state index >= 15 is 0 Å². The summed E-state index contributed by atoms with van der Waals surface area (Å²) < 4.78 is 15.7. The number of benzene rings is 1. The van der Waals surface area contributed by atoms with Crippen molar-refractivity contribution >= 4 is 39.0 Å². The largest absolute Gasteiger partial charge is 0.493 e. The standard InChI is InChI=1S/C17H17N3O4S/c1-4-24-17(21)11-8-25-16-14(11)15(18-9-19-16)20-10-5-6-12(22-2)13(7-10)23-3/h5-9H,4H2,1-3H3,(H,18,19,20). The van der Waals surface area contributed by atoms with Gasteiger partial charge in [-0.1, -0.05) is 0 Å². The van der Waals surface area contributed by atoms with Gasteiger partial charge in [0, 0.05) is 17.1 Å². The third-order valence-corrected chi connectivity index (χ3v) is 4.40. The number of rotatable bonds is 6. The zero-order valence-corrected chi connectivity index (χ0v) is 14.8. The van der Waals surface area contributed by atoms with Crippen LogP contribution in [0.15, 0.2) is 29.9 Å². The van der Waals surface area contributed by atoms with Crippen LogP contribution in [0.1, 0.15) is 17.3 Å². The molecule has 8 heteroatoms. The van der Waals surface area contributed by atoms with Crippen LogP contribution in [-0.2, 0) is 4.74 Å². The van der Waals surface area contributed by atoms with Crippen LogP contribution in [0.4, 0.5) is 11.5 Å². The van der Waals surface area contributed by atoms with Gasteiger partial charge in [0.1, 0.15) is 17.0 Å². The van der Waals surface area contributed by atoms with Gasteiger partial charge in [0.2, 0.25) is 0 Å². The van der Waals surface area contributed by atoms with Crippen molar-refractivity contribution in [2.24, 2.45) is 0 Å². The third kappa shape index (κ3) is 3.34. The summed E-state index contributed by atoms with van der Waals surface area (Å²) in [4.78, 5) is 21.4. The molecule has 0 fully saturated rings. The van der Waals surface area contributed by atoms with Crippen LogP contribution in [-0.4, -0.2) is 36.8 Å². The molecule has 0 aliphatic rings. The summed E-state index contributed by atoms with van der Waals surface area (Å²) in [7, 11) is 3.15. The smallest absolute Gasteiger partial charge is 0.339 e. The van der Waals surface area contributed by atoms with E-state index in [1.807, 2.05) is 6.07 Å². The van der Waals surface area contributed by atoms with Crippen LogP contribution in [0, 0.1) is 0 Å². The number of nitrogens with zero attached hydrogens (tertiary/aromatic N) is 2. The van der Waals surface area contributed by atoms with Crippen LogP contribution in [0.25, 0.3) is 10.2 Å². The minimum atomic E-state index is -0.390. The molecule has 0 saturated carbocycles. The fourth-order valence-electron chi connectivity index (χ4n) is 2.38. The molecule has 0 amide bonds. The van der Waals surface area contributed by atoms with E-state index in [0.717, 1.165) is 5.69 Å². The van der Waals surface area contributed by atoms with Crippen LogP contribution in [0.3, 0.4) is 0 Å². The van der Waals surface area contributed by atoms with E-state index in [9.17, 15) is 4.79 Å². The fourth-order valence-corrected chi connectivity index (χ4v) is 3.26. The van der Waals surface area contributed by atoms with Gasteiger partial charge in [-0.2, -0.15) is 0 Å². The summed E-state index contributed by atoms with van der Waals surface area (Å²) >= 11 is 1.37. The second-order valence-corrected chi connectivity index (χ2v) is 5.83. The first-order valence-electron chi connectivity index (χ1n) is 7.56. The van der Waals surface area contributed by atoms with Gasteiger partial charge in [-0.3, -0.25) is 0 Å². The molecule has 1 aromatic carbocycles. The molecule has 0 spiro atoms. The molecule has 0 aliphatic heterocycles. The predicted molar refractivity (Wildman–Crippen MR) is 96.2 cm³/mol. The highest BCUT2D eigenvalue weighted by molar-refractivity contribution is 7.17. The number of fused-ring (bicyclic) bond motifs is 1. The lowest BCUT2D eigenvalue weighted by Gasteiger charge is -2.11. The Hall–Kier alpha value is -2.87. The van der Waals surface area contributed by atoms with Crippen LogP contribution >= 0.6 is 11.3 Å². The average Bonchev–Trinajstić information content (AvgIpc) is 3.07. The lowest BCUT2D eigenvalue weighted by atomic mass is 10.2. The van der Waals surface area contributed by atoms with E-state index in [1.165, 1.54) is 17.7 Å². The lowest BCUT2D eigenvalue weighted by Crippen LogP contribution is -2.05. The van der Waals surface area contributed by atoms with Crippen LogP contribution < -0.4 is 14.8 Å². The molecule has 3 aromatic rings. The van der Waals surface area contributed by atoms with Crippen molar-refractivity contribution in [1.29, 1.82) is 0 Å². The van der Waals surface area contributed by atoms with E-state index in [4.69, 9.17) is 14.2 Å². The van der Waals surface area contributed by atoms with Gasteiger partial charge >= 0.3 is 5.97 Å². The number of esters is 1. The summed E-state index contributed by atoms with van der Waals surface area (Å²) in [6.07, 6.45) is 1.46. The van der Waals surface area contributed by atoms with Gasteiger partial charge in [-0.05, 0) is 19.1 Å². The number of nitrogens with one attached hydrogen (secondary N) is 1. The molecular formula is C17H17N3O4S. The Labute approximate surface area is 148 Å². The Balaban J connectivity index is 2.01. The zero-order valence-electron chi connectivity index (χ0n) is 14.0. The molecule has 0 bridgehead atoms. The van der Waals surface area contributed by atoms with Gasteiger partial charge < -0.3 is 19.5 Å². The predicted octanol–water partition coefficient (Wildman–Crippen LogP) is 3.63. The summed E-state index contributed by atoms with van der Waals surface area (Å²) in [5.74, 6) is 1.36. The molecule has 0 saturated heterocycles. The minimum absolute atomic E-state index is 0.308. The first-order valence-corrected chi connectivity index (χ1v) is 8.44. The summed E-state index contributed by atoms with van der Waals surface area (Å²) in [5, 5.41) is 5.58. The summed E-state index contributed by atoms with van der Waals surface area (Å²) in [5.41, 5.74) is 1.20. The number of carbonyl (C=O) groups is 1. The highest BCUT2D eigenvalue weighted by atomic mass is 32.1. The highest BCUT2D eigenvalue weighted by Crippen LogP contribution is 2.34. The number of methoxy groups -OCH3 is 2. The van der Waals surface area contributed by atoms with Gasteiger partial charge in [-0.25, -0.2) is 14.8 Å². The van der Waals surface area contributed by atoms with E-state index in [1.54, 1.807) is 38.7 Å². The molecule has 0 unspecified atom stereocenters. The maximum absolute atomic E-state index is 12.2. The number of carbonyl (C=O) groups excluding carboxylic acids is 1. The first kappa shape index (κ1) is 17.0. The maximum Gasteiger partial charge on any atom is 0.339 e. The first-order chi connectivity index (χ1) is 12.2. The molecule has 0 aliphatic carbocycles. The summed E-state index contributed by atoms with van der Waals surface area (Å²) in [6.45, 7) is 2.08. The number of aromatic nitrogens is 2. The molecule has 2 heterocycles. The molecular weight excluding hydrogens is 342 g/mol. The highest BCUT2D eigenvalue weighted by Gasteiger charge is 2.18. The monoisotopic (exact) mass is 359 g/mol. The van der Waals surface area contributed by atoms with Crippen molar-refractivity contribution in [3.05, 3.63) is 35.5 Å². The fraction of sp³-hybridized carbons (Fsp3) is 0.235. The second kappa shape index (κ2) is 7.35. The number of hydrogen-bond acceptors (Lipinski definition) is 8. The average molecular weight is 359 g/mol. The molecule has 0 atom stereocenters. The molecule has 3 rings (SSSR count). The number of ether oxygens (including phenoxy) is 3. The number of anilines is 2. The van der Waals surface area contributed by atoms with Crippen LogP contribution in [0.2, 0.25) is 0 Å². The summed E-state index contributed by atoms with van der Waals surface area (Å²) in [6, 6.07) is 5.42. The topological polar surface area (TPSA) is 82.6 Å². The zero-order chi connectivity index (χ0) is 17.8. The molecule has 7 nitrogen and oxygen atoms in total. The second-order valence-electron chi connectivity index (χ2n) is 4.97. The Bertz CT molecular complexity index is 910. The van der Waals surface area contributed by atoms with E-state index < -0.39 is 0 Å². The van der Waals surface area contributed by atoms with E-state index in [2.05, 4.69) is 15.3 Å². The van der Waals surface area contributed by atoms with Crippen molar-refractivity contribution in [3.8, 4) is 11.5 Å². The minimum Gasteiger partial charge on any atom is -0.493 e. The quantitative estimate of drug-likeness (QED) is 0.673. The number of hydrogen-bond donors (Lipinski definition) is 1. The molecule has 1 N–H and O–H groups in total. The molecule has 130 valence electrons. The number of thiophene rings is 1. The van der Waals surface area contributed by atoms with Gasteiger partial charge in [0.15, 0.2) is 11.5 Å². The van der Waals surface area contributed by atoms with Crippen molar-refractivity contribution in [3.63, 3.8) is 0 Å². The van der Waals surface area contributed by atoms with E-state index in [-0.39, 0.29) is 5.97 Å².